The van der Waals surface area contributed by atoms with Crippen molar-refractivity contribution in [3.63, 3.8) is 0 Å². The highest BCUT2D eigenvalue weighted by atomic mass is 16.5. The molecular formula is C21H28N2O3. The summed E-state index contributed by atoms with van der Waals surface area (Å²) in [6, 6.07) is 16.0. The van der Waals surface area contributed by atoms with Crippen molar-refractivity contribution in [3.05, 3.63) is 65.2 Å². The van der Waals surface area contributed by atoms with Crippen LogP contribution in [0.1, 0.15) is 16.7 Å². The van der Waals surface area contributed by atoms with E-state index in [1.807, 2.05) is 67.4 Å². The summed E-state index contributed by atoms with van der Waals surface area (Å²) >= 11 is 0. The van der Waals surface area contributed by atoms with E-state index in [1.165, 1.54) is 5.56 Å². The van der Waals surface area contributed by atoms with Crippen LogP contribution in [-0.2, 0) is 22.7 Å². The molecule has 2 aromatic carbocycles. The predicted octanol–water partition coefficient (Wildman–Crippen LogP) is 2.77. The summed E-state index contributed by atoms with van der Waals surface area (Å²) in [5, 5.41) is 2.94. The van der Waals surface area contributed by atoms with Crippen LogP contribution in [0.3, 0.4) is 0 Å². The Balaban J connectivity index is 1.64. The minimum absolute atomic E-state index is 0.00352. The maximum Gasteiger partial charge on any atom is 0.234 e. The lowest BCUT2D eigenvalue weighted by Gasteiger charge is -2.16. The van der Waals surface area contributed by atoms with Crippen molar-refractivity contribution in [1.82, 2.24) is 10.2 Å². The maximum absolute atomic E-state index is 12.1. The molecule has 2 rings (SSSR count). The van der Waals surface area contributed by atoms with Crippen LogP contribution < -0.4 is 10.1 Å². The van der Waals surface area contributed by atoms with E-state index < -0.39 is 0 Å². The standard InChI is InChI=1S/C21H28N2O3/c1-17-4-10-20(11-5-17)26-13-12-23(2)15-21(24)22-14-18-6-8-19(9-7-18)16-25-3/h4-11H,12-16H2,1-3H3,(H,22,24). The normalized spacial score (nSPS) is 10.8. The third-order valence-electron chi connectivity index (χ3n) is 4.00. The summed E-state index contributed by atoms with van der Waals surface area (Å²) in [5.74, 6) is 0.856. The molecule has 0 fully saturated rings. The lowest BCUT2D eigenvalue weighted by atomic mass is 10.1. The molecule has 0 aliphatic rings. The molecule has 0 unspecified atom stereocenters. The number of carbonyl (C=O) groups is 1. The van der Waals surface area contributed by atoms with Crippen LogP contribution in [0, 0.1) is 6.92 Å². The number of nitrogens with zero attached hydrogens (tertiary/aromatic N) is 1. The summed E-state index contributed by atoms with van der Waals surface area (Å²) in [6.45, 7) is 4.76. The van der Waals surface area contributed by atoms with Crippen LogP contribution in [0.15, 0.2) is 48.5 Å². The monoisotopic (exact) mass is 356 g/mol. The van der Waals surface area contributed by atoms with Crippen LogP contribution >= 0.6 is 0 Å². The second-order valence-electron chi connectivity index (χ2n) is 6.43. The van der Waals surface area contributed by atoms with Gasteiger partial charge in [0.2, 0.25) is 5.91 Å². The zero-order valence-electron chi connectivity index (χ0n) is 15.8. The second kappa shape index (κ2) is 10.6. The number of hydrogen-bond donors (Lipinski definition) is 1. The number of aryl methyl sites for hydroxylation is 1. The fraction of sp³-hybridized carbons (Fsp3) is 0.381. The Morgan fingerprint density at radius 3 is 2.35 bits per heavy atom. The fourth-order valence-electron chi connectivity index (χ4n) is 2.45. The van der Waals surface area contributed by atoms with Crippen LogP contribution in [0.4, 0.5) is 0 Å². The van der Waals surface area contributed by atoms with E-state index >= 15 is 0 Å². The van der Waals surface area contributed by atoms with Crippen molar-refractivity contribution in [3.8, 4) is 5.75 Å². The molecule has 0 spiro atoms. The maximum atomic E-state index is 12.1. The molecule has 0 saturated carbocycles. The van der Waals surface area contributed by atoms with E-state index in [0.717, 1.165) is 16.9 Å². The average Bonchev–Trinajstić information content (AvgIpc) is 2.63. The number of likely N-dealkylation sites (N-methyl/N-ethyl adjacent to an activating group) is 1. The van der Waals surface area contributed by atoms with Crippen LogP contribution in [0.25, 0.3) is 0 Å². The highest BCUT2D eigenvalue weighted by Crippen LogP contribution is 2.11. The lowest BCUT2D eigenvalue weighted by molar-refractivity contribution is -0.122. The fourth-order valence-corrected chi connectivity index (χ4v) is 2.45. The molecule has 0 radical (unpaired) electrons. The van der Waals surface area contributed by atoms with Crippen molar-refractivity contribution in [2.45, 2.75) is 20.1 Å². The topological polar surface area (TPSA) is 50.8 Å². The molecule has 0 aliphatic carbocycles. The van der Waals surface area contributed by atoms with Gasteiger partial charge in [0.25, 0.3) is 0 Å². The SMILES string of the molecule is COCc1ccc(CNC(=O)CN(C)CCOc2ccc(C)cc2)cc1. The summed E-state index contributed by atoms with van der Waals surface area (Å²) < 4.78 is 10.8. The second-order valence-corrected chi connectivity index (χ2v) is 6.43. The Morgan fingerprint density at radius 1 is 1.04 bits per heavy atom. The summed E-state index contributed by atoms with van der Waals surface area (Å²) in [4.78, 5) is 14.0. The van der Waals surface area contributed by atoms with E-state index in [-0.39, 0.29) is 5.91 Å². The molecule has 1 amide bonds. The number of methoxy groups -OCH3 is 1. The Morgan fingerprint density at radius 2 is 1.69 bits per heavy atom. The number of benzene rings is 2. The zero-order chi connectivity index (χ0) is 18.8. The van der Waals surface area contributed by atoms with Gasteiger partial charge < -0.3 is 14.8 Å². The highest BCUT2D eigenvalue weighted by Gasteiger charge is 2.06. The van der Waals surface area contributed by atoms with E-state index in [0.29, 0.717) is 32.8 Å². The first-order valence-corrected chi connectivity index (χ1v) is 8.78. The molecule has 1 N–H and O–H groups in total. The quantitative estimate of drug-likeness (QED) is 0.711. The van der Waals surface area contributed by atoms with E-state index in [1.54, 1.807) is 7.11 Å². The van der Waals surface area contributed by atoms with Gasteiger partial charge in [0.05, 0.1) is 13.2 Å². The van der Waals surface area contributed by atoms with Crippen molar-refractivity contribution in [2.24, 2.45) is 0 Å². The Hall–Kier alpha value is -2.37. The van der Waals surface area contributed by atoms with Gasteiger partial charge in [0.15, 0.2) is 0 Å². The van der Waals surface area contributed by atoms with Gasteiger partial charge in [-0.05, 0) is 37.2 Å². The highest BCUT2D eigenvalue weighted by molar-refractivity contribution is 5.77. The lowest BCUT2D eigenvalue weighted by Crippen LogP contribution is -2.36. The molecule has 0 saturated heterocycles. The molecule has 0 atom stereocenters. The van der Waals surface area contributed by atoms with Crippen molar-refractivity contribution >= 4 is 5.91 Å². The number of nitrogens with one attached hydrogen (secondary N) is 1. The third kappa shape index (κ3) is 7.25. The Labute approximate surface area is 155 Å². The van der Waals surface area contributed by atoms with Gasteiger partial charge in [-0.2, -0.15) is 0 Å². The first kappa shape index (κ1) is 19.9. The van der Waals surface area contributed by atoms with Crippen LogP contribution in [-0.4, -0.2) is 44.7 Å². The number of amides is 1. The first-order valence-electron chi connectivity index (χ1n) is 8.78. The van der Waals surface area contributed by atoms with Gasteiger partial charge in [-0.3, -0.25) is 9.69 Å². The van der Waals surface area contributed by atoms with Gasteiger partial charge in [-0.1, -0.05) is 42.0 Å². The number of carbonyl (C=O) groups excluding carboxylic acids is 1. The van der Waals surface area contributed by atoms with Gasteiger partial charge >= 0.3 is 0 Å². The molecule has 2 aromatic rings. The number of hydrogen-bond acceptors (Lipinski definition) is 4. The molecule has 5 heteroatoms. The molecule has 140 valence electrons. The molecule has 0 heterocycles. The van der Waals surface area contributed by atoms with E-state index in [2.05, 4.69) is 5.32 Å². The largest absolute Gasteiger partial charge is 0.492 e. The molecule has 5 nitrogen and oxygen atoms in total. The van der Waals surface area contributed by atoms with Crippen molar-refractivity contribution < 1.29 is 14.3 Å². The van der Waals surface area contributed by atoms with Crippen LogP contribution in [0.2, 0.25) is 0 Å². The first-order chi connectivity index (χ1) is 12.6. The molecule has 0 aliphatic heterocycles. The van der Waals surface area contributed by atoms with Crippen molar-refractivity contribution in [2.75, 3.05) is 33.9 Å². The Kier molecular flexibility index (Phi) is 8.12. The minimum Gasteiger partial charge on any atom is -0.492 e. The van der Waals surface area contributed by atoms with E-state index in [9.17, 15) is 4.79 Å². The summed E-state index contributed by atoms with van der Waals surface area (Å²) in [7, 11) is 3.59. The number of rotatable bonds is 10. The number of ether oxygens (including phenoxy) is 2. The molecule has 0 bridgehead atoms. The van der Waals surface area contributed by atoms with E-state index in [4.69, 9.17) is 9.47 Å². The third-order valence-corrected chi connectivity index (χ3v) is 4.00. The van der Waals surface area contributed by atoms with Crippen molar-refractivity contribution in [1.29, 1.82) is 0 Å². The summed E-state index contributed by atoms with van der Waals surface area (Å²) in [5.41, 5.74) is 3.40. The van der Waals surface area contributed by atoms with Gasteiger partial charge in [0.1, 0.15) is 12.4 Å². The predicted molar refractivity (Wildman–Crippen MR) is 103 cm³/mol. The average molecular weight is 356 g/mol. The smallest absolute Gasteiger partial charge is 0.234 e. The molecule has 0 aromatic heterocycles. The minimum atomic E-state index is 0.00352. The van der Waals surface area contributed by atoms with Gasteiger partial charge in [-0.25, -0.2) is 0 Å². The molecule has 26 heavy (non-hydrogen) atoms. The Bertz CT molecular complexity index is 669. The van der Waals surface area contributed by atoms with Gasteiger partial charge in [0, 0.05) is 20.2 Å². The van der Waals surface area contributed by atoms with Crippen LogP contribution in [0.5, 0.6) is 5.75 Å². The summed E-state index contributed by atoms with van der Waals surface area (Å²) in [6.07, 6.45) is 0. The molecular weight excluding hydrogens is 328 g/mol. The van der Waals surface area contributed by atoms with Gasteiger partial charge in [-0.15, -0.1) is 0 Å². The zero-order valence-corrected chi connectivity index (χ0v) is 15.8.